The largest absolute Gasteiger partial charge is 0.481 e. The molecule has 0 aliphatic carbocycles. The smallest absolute Gasteiger partial charge is 0.356 e. The molecule has 0 fully saturated rings. The van der Waals surface area contributed by atoms with Crippen molar-refractivity contribution in [3.05, 3.63) is 47.9 Å². The molecule has 2 rings (SSSR count). The molecule has 0 amide bonds. The third-order valence-electron chi connectivity index (χ3n) is 2.66. The summed E-state index contributed by atoms with van der Waals surface area (Å²) < 4.78 is 9.62. The zero-order valence-electron chi connectivity index (χ0n) is 11.3. The van der Waals surface area contributed by atoms with Crippen LogP contribution in [0.2, 0.25) is 0 Å². The van der Waals surface area contributed by atoms with Crippen molar-refractivity contribution in [2.24, 2.45) is 0 Å². The van der Waals surface area contributed by atoms with Crippen molar-refractivity contribution in [1.29, 1.82) is 0 Å². The third kappa shape index (κ3) is 3.44. The van der Waals surface area contributed by atoms with Crippen molar-refractivity contribution in [3.8, 4) is 5.88 Å². The van der Waals surface area contributed by atoms with Gasteiger partial charge in [0.1, 0.15) is 5.69 Å². The van der Waals surface area contributed by atoms with E-state index in [1.807, 2.05) is 6.07 Å². The predicted octanol–water partition coefficient (Wildman–Crippen LogP) is 1.88. The van der Waals surface area contributed by atoms with E-state index in [-0.39, 0.29) is 5.69 Å². The van der Waals surface area contributed by atoms with Crippen molar-refractivity contribution in [2.75, 3.05) is 19.5 Å². The van der Waals surface area contributed by atoms with Gasteiger partial charge in [0.15, 0.2) is 0 Å². The highest BCUT2D eigenvalue weighted by molar-refractivity contribution is 5.88. The van der Waals surface area contributed by atoms with E-state index >= 15 is 0 Å². The zero-order valence-corrected chi connectivity index (χ0v) is 11.3. The Balaban J connectivity index is 2.01. The standard InChI is InChI=1S/C14H15N3O3/c1-19-13-4-3-10(9-17-13)8-16-11-5-6-15-12(7-11)14(18)20-2/h3-7,9H,8H2,1-2H3,(H,15,16). The lowest BCUT2D eigenvalue weighted by molar-refractivity contribution is 0.0594. The summed E-state index contributed by atoms with van der Waals surface area (Å²) in [6.45, 7) is 0.585. The monoisotopic (exact) mass is 273 g/mol. The summed E-state index contributed by atoms with van der Waals surface area (Å²) in [7, 11) is 2.90. The number of carbonyl (C=O) groups excluding carboxylic acids is 1. The Bertz CT molecular complexity index is 584. The van der Waals surface area contributed by atoms with E-state index in [2.05, 4.69) is 20.0 Å². The molecule has 0 saturated carbocycles. The number of nitrogens with zero attached hydrogens (tertiary/aromatic N) is 2. The Morgan fingerprint density at radius 2 is 2.10 bits per heavy atom. The van der Waals surface area contributed by atoms with Crippen LogP contribution in [0, 0.1) is 0 Å². The summed E-state index contributed by atoms with van der Waals surface area (Å²) in [5, 5.41) is 3.19. The number of aromatic nitrogens is 2. The van der Waals surface area contributed by atoms with E-state index in [4.69, 9.17) is 4.74 Å². The van der Waals surface area contributed by atoms with Gasteiger partial charge in [-0.2, -0.15) is 0 Å². The lowest BCUT2D eigenvalue weighted by Crippen LogP contribution is -2.06. The lowest BCUT2D eigenvalue weighted by atomic mass is 10.2. The average Bonchev–Trinajstić information content (AvgIpc) is 2.53. The van der Waals surface area contributed by atoms with Gasteiger partial charge in [-0.05, 0) is 17.7 Å². The molecule has 0 radical (unpaired) electrons. The van der Waals surface area contributed by atoms with Crippen molar-refractivity contribution in [3.63, 3.8) is 0 Å². The molecule has 6 heteroatoms. The first kappa shape index (κ1) is 13.8. The van der Waals surface area contributed by atoms with Gasteiger partial charge in [0.05, 0.1) is 14.2 Å². The van der Waals surface area contributed by atoms with Gasteiger partial charge in [0.2, 0.25) is 5.88 Å². The van der Waals surface area contributed by atoms with Gasteiger partial charge in [0, 0.05) is 30.7 Å². The van der Waals surface area contributed by atoms with Crippen LogP contribution in [0.4, 0.5) is 5.69 Å². The van der Waals surface area contributed by atoms with Gasteiger partial charge in [-0.1, -0.05) is 6.07 Å². The number of pyridine rings is 2. The van der Waals surface area contributed by atoms with Crippen LogP contribution in [0.3, 0.4) is 0 Å². The van der Waals surface area contributed by atoms with Crippen LogP contribution in [0.25, 0.3) is 0 Å². The second kappa shape index (κ2) is 6.51. The van der Waals surface area contributed by atoms with E-state index in [9.17, 15) is 4.79 Å². The van der Waals surface area contributed by atoms with Gasteiger partial charge in [0.25, 0.3) is 0 Å². The first-order valence-corrected chi connectivity index (χ1v) is 6.00. The minimum Gasteiger partial charge on any atom is -0.481 e. The van der Waals surface area contributed by atoms with E-state index in [1.165, 1.54) is 7.11 Å². The van der Waals surface area contributed by atoms with Crippen LogP contribution in [0.15, 0.2) is 36.7 Å². The second-order valence-corrected chi connectivity index (χ2v) is 3.98. The molecule has 0 unspecified atom stereocenters. The Morgan fingerprint density at radius 3 is 2.75 bits per heavy atom. The molecular formula is C14H15N3O3. The summed E-state index contributed by atoms with van der Waals surface area (Å²) in [6.07, 6.45) is 3.29. The Morgan fingerprint density at radius 1 is 1.25 bits per heavy atom. The highest BCUT2D eigenvalue weighted by atomic mass is 16.5. The van der Waals surface area contributed by atoms with Gasteiger partial charge < -0.3 is 14.8 Å². The fraction of sp³-hybridized carbons (Fsp3) is 0.214. The third-order valence-corrected chi connectivity index (χ3v) is 2.66. The minimum absolute atomic E-state index is 0.269. The Labute approximate surface area is 116 Å². The van der Waals surface area contributed by atoms with Crippen molar-refractivity contribution in [1.82, 2.24) is 9.97 Å². The SMILES string of the molecule is COC(=O)c1cc(NCc2ccc(OC)nc2)ccn1. The van der Waals surface area contributed by atoms with Crippen LogP contribution >= 0.6 is 0 Å². The number of ether oxygens (including phenoxy) is 2. The summed E-state index contributed by atoms with van der Waals surface area (Å²) in [5.74, 6) is 0.116. The molecule has 6 nitrogen and oxygen atoms in total. The van der Waals surface area contributed by atoms with Crippen molar-refractivity contribution in [2.45, 2.75) is 6.54 Å². The maximum Gasteiger partial charge on any atom is 0.356 e. The molecule has 1 N–H and O–H groups in total. The minimum atomic E-state index is -0.459. The Hall–Kier alpha value is -2.63. The number of hydrogen-bond acceptors (Lipinski definition) is 6. The molecule has 0 aliphatic heterocycles. The van der Waals surface area contributed by atoms with E-state index in [0.29, 0.717) is 12.4 Å². The number of nitrogens with one attached hydrogen (secondary N) is 1. The average molecular weight is 273 g/mol. The molecule has 20 heavy (non-hydrogen) atoms. The first-order valence-electron chi connectivity index (χ1n) is 6.00. The summed E-state index contributed by atoms with van der Waals surface area (Å²) >= 11 is 0. The Kier molecular flexibility index (Phi) is 4.49. The molecule has 0 aromatic carbocycles. The molecule has 2 heterocycles. The first-order chi connectivity index (χ1) is 9.72. The van der Waals surface area contributed by atoms with E-state index in [1.54, 1.807) is 37.7 Å². The zero-order chi connectivity index (χ0) is 14.4. The molecular weight excluding hydrogens is 258 g/mol. The molecule has 0 spiro atoms. The number of hydrogen-bond donors (Lipinski definition) is 1. The second-order valence-electron chi connectivity index (χ2n) is 3.98. The summed E-state index contributed by atoms with van der Waals surface area (Å²) in [5.41, 5.74) is 2.06. The van der Waals surface area contributed by atoms with Crippen molar-refractivity contribution < 1.29 is 14.3 Å². The molecule has 0 saturated heterocycles. The van der Waals surface area contributed by atoms with Crippen LogP contribution < -0.4 is 10.1 Å². The van der Waals surface area contributed by atoms with Crippen molar-refractivity contribution >= 4 is 11.7 Å². The maximum atomic E-state index is 11.4. The number of esters is 1. The number of carbonyl (C=O) groups is 1. The molecule has 2 aromatic heterocycles. The maximum absolute atomic E-state index is 11.4. The molecule has 2 aromatic rings. The number of methoxy groups -OCH3 is 2. The van der Waals surface area contributed by atoms with Gasteiger partial charge in [-0.3, -0.25) is 0 Å². The summed E-state index contributed by atoms with van der Waals surface area (Å²) in [4.78, 5) is 19.4. The van der Waals surface area contributed by atoms with E-state index in [0.717, 1.165) is 11.3 Å². The number of rotatable bonds is 5. The lowest BCUT2D eigenvalue weighted by Gasteiger charge is -2.07. The van der Waals surface area contributed by atoms with Crippen LogP contribution in [-0.4, -0.2) is 30.2 Å². The van der Waals surface area contributed by atoms with Gasteiger partial charge in [-0.15, -0.1) is 0 Å². The van der Waals surface area contributed by atoms with Gasteiger partial charge in [-0.25, -0.2) is 14.8 Å². The molecule has 104 valence electrons. The topological polar surface area (TPSA) is 73.3 Å². The normalized spacial score (nSPS) is 9.90. The predicted molar refractivity (Wildman–Crippen MR) is 73.7 cm³/mol. The quantitative estimate of drug-likeness (QED) is 0.838. The highest BCUT2D eigenvalue weighted by Crippen LogP contribution is 2.12. The molecule has 0 bridgehead atoms. The number of anilines is 1. The van der Waals surface area contributed by atoms with Gasteiger partial charge >= 0.3 is 5.97 Å². The van der Waals surface area contributed by atoms with Crippen LogP contribution in [-0.2, 0) is 11.3 Å². The van der Waals surface area contributed by atoms with E-state index < -0.39 is 5.97 Å². The summed E-state index contributed by atoms with van der Waals surface area (Å²) in [6, 6.07) is 7.14. The van der Waals surface area contributed by atoms with Crippen LogP contribution in [0.1, 0.15) is 16.1 Å². The fourth-order valence-corrected chi connectivity index (χ4v) is 1.60. The van der Waals surface area contributed by atoms with Crippen LogP contribution in [0.5, 0.6) is 5.88 Å². The fourth-order valence-electron chi connectivity index (χ4n) is 1.60. The molecule has 0 atom stereocenters. The molecule has 0 aliphatic rings. The highest BCUT2D eigenvalue weighted by Gasteiger charge is 2.07.